The van der Waals surface area contributed by atoms with Crippen molar-refractivity contribution in [2.24, 2.45) is 0 Å². The molecule has 1 unspecified atom stereocenters. The molecule has 1 aromatic heterocycles. The standard InChI is InChI=1S/C20H28N4O7S/c1-4-5-6-9-31-18-8-7-15(10-17(18)23(26)27)11-22-14(2)21-19(24(28)29)20(22)32-13-16(25)12-30-3/h7-8,10,16,25H,4-6,9,11-13H2,1-3H3. The molecule has 0 amide bonds. The molecule has 0 aliphatic heterocycles. The topological polar surface area (TPSA) is 143 Å². The zero-order valence-electron chi connectivity index (χ0n) is 18.4. The predicted octanol–water partition coefficient (Wildman–Crippen LogP) is 3.72. The second kappa shape index (κ2) is 12.4. The van der Waals surface area contributed by atoms with E-state index in [1.165, 1.54) is 13.2 Å². The Morgan fingerprint density at radius 1 is 1.25 bits per heavy atom. The average Bonchev–Trinajstić information content (AvgIpc) is 3.06. The van der Waals surface area contributed by atoms with Gasteiger partial charge in [0.2, 0.25) is 5.82 Å². The highest BCUT2D eigenvalue weighted by Gasteiger charge is 2.27. The first-order chi connectivity index (χ1) is 15.3. The fraction of sp³-hybridized carbons (Fsp3) is 0.550. The van der Waals surface area contributed by atoms with E-state index in [2.05, 4.69) is 11.9 Å². The molecule has 2 rings (SSSR count). The van der Waals surface area contributed by atoms with Gasteiger partial charge in [0.05, 0.1) is 30.8 Å². The predicted molar refractivity (Wildman–Crippen MR) is 119 cm³/mol. The van der Waals surface area contributed by atoms with Crippen LogP contribution < -0.4 is 4.74 Å². The highest BCUT2D eigenvalue weighted by atomic mass is 32.2. The zero-order chi connectivity index (χ0) is 23.7. The van der Waals surface area contributed by atoms with Gasteiger partial charge in [0.15, 0.2) is 10.8 Å². The molecule has 1 aromatic carbocycles. The first-order valence-corrected chi connectivity index (χ1v) is 11.2. The van der Waals surface area contributed by atoms with Gasteiger partial charge in [0.1, 0.15) is 0 Å². The third-order valence-electron chi connectivity index (χ3n) is 4.61. The van der Waals surface area contributed by atoms with Gasteiger partial charge in [0.25, 0.3) is 0 Å². The van der Waals surface area contributed by atoms with Crippen LogP contribution in [0.1, 0.15) is 37.6 Å². The number of ether oxygens (including phenoxy) is 2. The summed E-state index contributed by atoms with van der Waals surface area (Å²) in [6.07, 6.45) is 2.00. The van der Waals surface area contributed by atoms with E-state index in [-0.39, 0.29) is 41.2 Å². The van der Waals surface area contributed by atoms with Gasteiger partial charge in [-0.3, -0.25) is 14.7 Å². The Morgan fingerprint density at radius 2 is 2.00 bits per heavy atom. The van der Waals surface area contributed by atoms with Crippen LogP contribution in [-0.4, -0.2) is 56.7 Å². The molecule has 176 valence electrons. The molecule has 0 aliphatic rings. The Morgan fingerprint density at radius 3 is 2.62 bits per heavy atom. The summed E-state index contributed by atoms with van der Waals surface area (Å²) in [5.41, 5.74) is 0.420. The maximum absolute atomic E-state index is 11.6. The Balaban J connectivity index is 2.29. The van der Waals surface area contributed by atoms with Crippen LogP contribution in [0.2, 0.25) is 0 Å². The summed E-state index contributed by atoms with van der Waals surface area (Å²) < 4.78 is 12.1. The summed E-state index contributed by atoms with van der Waals surface area (Å²) >= 11 is 1.09. The van der Waals surface area contributed by atoms with Crippen molar-refractivity contribution in [1.29, 1.82) is 0 Å². The maximum Gasteiger partial charge on any atom is 0.396 e. The lowest BCUT2D eigenvalue weighted by atomic mass is 10.2. The van der Waals surface area contributed by atoms with Crippen LogP contribution in [-0.2, 0) is 11.3 Å². The quantitative estimate of drug-likeness (QED) is 0.190. The summed E-state index contributed by atoms with van der Waals surface area (Å²) in [5, 5.41) is 33.2. The number of aliphatic hydroxyl groups excluding tert-OH is 1. The van der Waals surface area contributed by atoms with E-state index >= 15 is 0 Å². The fourth-order valence-corrected chi connectivity index (χ4v) is 4.08. The normalized spacial score (nSPS) is 12.0. The minimum absolute atomic E-state index is 0.0971. The van der Waals surface area contributed by atoms with Crippen LogP contribution in [0.4, 0.5) is 11.5 Å². The van der Waals surface area contributed by atoms with Crippen LogP contribution in [0, 0.1) is 27.2 Å². The lowest BCUT2D eigenvalue weighted by Gasteiger charge is -2.12. The van der Waals surface area contributed by atoms with Crippen LogP contribution in [0.25, 0.3) is 0 Å². The molecule has 0 bridgehead atoms. The van der Waals surface area contributed by atoms with E-state index in [1.54, 1.807) is 23.6 Å². The number of hydrogen-bond donors (Lipinski definition) is 1. The first kappa shape index (κ1) is 25.6. The number of methoxy groups -OCH3 is 1. The number of nitro groups is 2. The van der Waals surface area contributed by atoms with Gasteiger partial charge >= 0.3 is 11.5 Å². The Hall–Kier alpha value is -2.70. The van der Waals surface area contributed by atoms with Crippen molar-refractivity contribution in [2.75, 3.05) is 26.1 Å². The van der Waals surface area contributed by atoms with Gasteiger partial charge in [-0.1, -0.05) is 37.6 Å². The number of aryl methyl sites for hydroxylation is 1. The summed E-state index contributed by atoms with van der Waals surface area (Å²) in [6, 6.07) is 4.66. The molecule has 0 saturated carbocycles. The van der Waals surface area contributed by atoms with Gasteiger partial charge in [0, 0.05) is 25.9 Å². The van der Waals surface area contributed by atoms with Crippen molar-refractivity contribution in [3.63, 3.8) is 0 Å². The molecule has 0 spiro atoms. The molecule has 32 heavy (non-hydrogen) atoms. The van der Waals surface area contributed by atoms with Crippen molar-refractivity contribution in [3.8, 4) is 5.75 Å². The highest BCUT2D eigenvalue weighted by molar-refractivity contribution is 7.99. The summed E-state index contributed by atoms with van der Waals surface area (Å²) in [7, 11) is 1.45. The average molecular weight is 469 g/mol. The first-order valence-electron chi connectivity index (χ1n) is 10.2. The van der Waals surface area contributed by atoms with E-state index in [0.717, 1.165) is 31.0 Å². The lowest BCUT2D eigenvalue weighted by Crippen LogP contribution is -2.17. The smallest absolute Gasteiger partial charge is 0.396 e. The summed E-state index contributed by atoms with van der Waals surface area (Å²) in [4.78, 5) is 26.0. The minimum atomic E-state index is -0.807. The van der Waals surface area contributed by atoms with E-state index in [4.69, 9.17) is 9.47 Å². The Kier molecular flexibility index (Phi) is 9.88. The zero-order valence-corrected chi connectivity index (χ0v) is 19.2. The van der Waals surface area contributed by atoms with Gasteiger partial charge in [-0.05, 0) is 28.0 Å². The summed E-state index contributed by atoms with van der Waals surface area (Å²) in [5.74, 6) is 0.441. The van der Waals surface area contributed by atoms with Crippen molar-refractivity contribution in [2.45, 2.75) is 50.8 Å². The Labute approximate surface area is 190 Å². The minimum Gasteiger partial charge on any atom is -0.487 e. The lowest BCUT2D eigenvalue weighted by molar-refractivity contribution is -0.392. The number of imidazole rings is 1. The van der Waals surface area contributed by atoms with E-state index in [9.17, 15) is 25.3 Å². The molecule has 1 atom stereocenters. The van der Waals surface area contributed by atoms with Gasteiger partial charge in [-0.15, -0.1) is 0 Å². The molecule has 1 heterocycles. The van der Waals surface area contributed by atoms with E-state index < -0.39 is 16.0 Å². The molecule has 0 radical (unpaired) electrons. The molecular formula is C20H28N4O7S. The van der Waals surface area contributed by atoms with Crippen molar-refractivity contribution < 1.29 is 24.4 Å². The highest BCUT2D eigenvalue weighted by Crippen LogP contribution is 2.33. The molecule has 11 nitrogen and oxygen atoms in total. The van der Waals surface area contributed by atoms with Crippen molar-refractivity contribution >= 4 is 23.3 Å². The number of rotatable bonds is 14. The second-order valence-corrected chi connectivity index (χ2v) is 8.17. The molecule has 12 heteroatoms. The number of thioether (sulfide) groups is 1. The van der Waals surface area contributed by atoms with Crippen LogP contribution >= 0.6 is 11.8 Å². The number of benzene rings is 1. The van der Waals surface area contributed by atoms with Crippen LogP contribution in [0.5, 0.6) is 5.75 Å². The number of unbranched alkanes of at least 4 members (excludes halogenated alkanes) is 2. The van der Waals surface area contributed by atoms with E-state index in [0.29, 0.717) is 18.0 Å². The number of aliphatic hydroxyl groups is 1. The summed E-state index contributed by atoms with van der Waals surface area (Å²) in [6.45, 7) is 4.32. The van der Waals surface area contributed by atoms with Gasteiger partial charge < -0.3 is 24.7 Å². The molecular weight excluding hydrogens is 440 g/mol. The molecule has 0 aliphatic carbocycles. The third-order valence-corrected chi connectivity index (χ3v) is 5.83. The largest absolute Gasteiger partial charge is 0.487 e. The second-order valence-electron chi connectivity index (χ2n) is 7.17. The van der Waals surface area contributed by atoms with Crippen molar-refractivity contribution in [1.82, 2.24) is 9.55 Å². The monoisotopic (exact) mass is 468 g/mol. The van der Waals surface area contributed by atoms with Crippen molar-refractivity contribution in [3.05, 3.63) is 49.8 Å². The number of nitrogens with zero attached hydrogens (tertiary/aromatic N) is 4. The van der Waals surface area contributed by atoms with Gasteiger partial charge in [-0.2, -0.15) is 0 Å². The number of aromatic nitrogens is 2. The molecule has 1 N–H and O–H groups in total. The molecule has 0 saturated heterocycles. The molecule has 2 aromatic rings. The van der Waals surface area contributed by atoms with Crippen LogP contribution in [0.3, 0.4) is 0 Å². The van der Waals surface area contributed by atoms with Gasteiger partial charge in [-0.25, -0.2) is 0 Å². The fourth-order valence-electron chi connectivity index (χ4n) is 3.04. The number of hydrogen-bond acceptors (Lipinski definition) is 9. The van der Waals surface area contributed by atoms with Crippen LogP contribution in [0.15, 0.2) is 23.2 Å². The molecule has 0 fully saturated rings. The maximum atomic E-state index is 11.6. The Bertz CT molecular complexity index is 935. The third kappa shape index (κ3) is 6.90. The van der Waals surface area contributed by atoms with E-state index in [1.807, 2.05) is 0 Å². The SMILES string of the molecule is CCCCCOc1ccc(Cn2c(C)nc([N+](=O)[O-])c2SCC(O)COC)cc1[N+](=O)[O-]. The number of nitro benzene ring substituents is 1.